The average Bonchev–Trinajstić information content (AvgIpc) is 1.68. The van der Waals surface area contributed by atoms with Gasteiger partial charge >= 0.3 is 0 Å². The fourth-order valence-electron chi connectivity index (χ4n) is 0.442. The summed E-state index contributed by atoms with van der Waals surface area (Å²) in [7, 11) is 1.64. The largest absolute Gasteiger partial charge is 0.317 e. The van der Waals surface area contributed by atoms with E-state index >= 15 is 0 Å². The summed E-state index contributed by atoms with van der Waals surface area (Å²) in [6.07, 6.45) is -1.01. The van der Waals surface area contributed by atoms with Crippen LogP contribution in [0.1, 0.15) is 6.42 Å². The second kappa shape index (κ2) is 4.97. The molecule has 3 heteroatoms. The normalized spacial score (nSPS) is 13.9. The monoisotopic (exact) mass is 123 g/mol. The van der Waals surface area contributed by atoms with E-state index in [-0.39, 0.29) is 13.0 Å². The van der Waals surface area contributed by atoms with Crippen molar-refractivity contribution in [3.8, 4) is 0 Å². The van der Waals surface area contributed by atoms with Gasteiger partial charge in [0.05, 0.1) is 6.67 Å². The number of hydrogen-bond acceptors (Lipinski definition) is 1. The van der Waals surface area contributed by atoms with Crippen LogP contribution in [0.15, 0.2) is 0 Å². The summed E-state index contributed by atoms with van der Waals surface area (Å²) in [4.78, 5) is 0. The van der Waals surface area contributed by atoms with Crippen molar-refractivity contribution >= 4 is 0 Å². The zero-order valence-corrected chi connectivity index (χ0v) is 4.95. The minimum absolute atomic E-state index is 0.0147. The summed E-state index contributed by atoms with van der Waals surface area (Å²) in [5, 5.41) is 2.61. The molecule has 0 saturated carbocycles. The van der Waals surface area contributed by atoms with Gasteiger partial charge in [0.25, 0.3) is 0 Å². The van der Waals surface area contributed by atoms with Gasteiger partial charge in [-0.25, -0.2) is 4.39 Å². The number of halogens is 2. The highest BCUT2D eigenvalue weighted by molar-refractivity contribution is 4.55. The van der Waals surface area contributed by atoms with Crippen molar-refractivity contribution in [1.29, 1.82) is 0 Å². The average molecular weight is 123 g/mol. The molecule has 0 bridgehead atoms. The summed E-state index contributed by atoms with van der Waals surface area (Å²) in [5.74, 6) is 0. The third-order valence-electron chi connectivity index (χ3n) is 0.848. The summed E-state index contributed by atoms with van der Waals surface area (Å²) in [5.41, 5.74) is 0. The first-order valence-corrected chi connectivity index (χ1v) is 2.66. The summed E-state index contributed by atoms with van der Waals surface area (Å²) >= 11 is 0. The van der Waals surface area contributed by atoms with Gasteiger partial charge in [0.2, 0.25) is 0 Å². The van der Waals surface area contributed by atoms with Gasteiger partial charge in [-0.3, -0.25) is 4.39 Å². The molecule has 0 amide bonds. The van der Waals surface area contributed by atoms with E-state index in [2.05, 4.69) is 5.32 Å². The molecule has 0 rings (SSSR count). The third kappa shape index (κ3) is 3.99. The number of alkyl halides is 2. The molecular weight excluding hydrogens is 112 g/mol. The van der Waals surface area contributed by atoms with Crippen LogP contribution >= 0.6 is 0 Å². The fourth-order valence-corrected chi connectivity index (χ4v) is 0.442. The Morgan fingerprint density at radius 2 is 2.25 bits per heavy atom. The van der Waals surface area contributed by atoms with Crippen molar-refractivity contribution in [3.63, 3.8) is 0 Å². The molecule has 0 heterocycles. The smallest absolute Gasteiger partial charge is 0.115 e. The standard InChI is InChI=1S/C5H11F2N/c1-8-4-5(7)2-3-6/h5,8H,2-4H2,1H3. The highest BCUT2D eigenvalue weighted by Crippen LogP contribution is 1.94. The van der Waals surface area contributed by atoms with Crippen LogP contribution in [0, 0.1) is 0 Å². The number of hydrogen-bond donors (Lipinski definition) is 1. The molecule has 0 spiro atoms. The van der Waals surface area contributed by atoms with Gasteiger partial charge in [-0.1, -0.05) is 0 Å². The van der Waals surface area contributed by atoms with Crippen LogP contribution in [0.5, 0.6) is 0 Å². The van der Waals surface area contributed by atoms with Gasteiger partial charge in [-0.15, -0.1) is 0 Å². The molecule has 0 aromatic heterocycles. The van der Waals surface area contributed by atoms with Crippen LogP contribution < -0.4 is 5.32 Å². The van der Waals surface area contributed by atoms with Crippen LogP contribution in [-0.4, -0.2) is 26.4 Å². The van der Waals surface area contributed by atoms with Crippen molar-refractivity contribution < 1.29 is 8.78 Å². The second-order valence-electron chi connectivity index (χ2n) is 1.63. The molecule has 0 fully saturated rings. The quantitative estimate of drug-likeness (QED) is 0.585. The molecule has 8 heavy (non-hydrogen) atoms. The molecule has 0 aliphatic carbocycles. The zero-order valence-electron chi connectivity index (χ0n) is 4.95. The molecule has 1 atom stereocenters. The van der Waals surface area contributed by atoms with Gasteiger partial charge < -0.3 is 5.32 Å². The van der Waals surface area contributed by atoms with Gasteiger partial charge in [0.15, 0.2) is 0 Å². The molecule has 0 saturated heterocycles. The lowest BCUT2D eigenvalue weighted by molar-refractivity contribution is 0.279. The molecule has 0 aromatic carbocycles. The Morgan fingerprint density at radius 3 is 2.62 bits per heavy atom. The third-order valence-corrected chi connectivity index (χ3v) is 0.848. The van der Waals surface area contributed by atoms with Crippen LogP contribution in [0.25, 0.3) is 0 Å². The Morgan fingerprint density at radius 1 is 1.62 bits per heavy atom. The lowest BCUT2D eigenvalue weighted by atomic mass is 10.3. The van der Waals surface area contributed by atoms with Crippen LogP contribution in [0.4, 0.5) is 8.78 Å². The fraction of sp³-hybridized carbons (Fsp3) is 1.00. The molecule has 1 nitrogen and oxygen atoms in total. The van der Waals surface area contributed by atoms with Gasteiger partial charge in [-0.2, -0.15) is 0 Å². The van der Waals surface area contributed by atoms with E-state index in [1.807, 2.05) is 0 Å². The van der Waals surface area contributed by atoms with Gasteiger partial charge in [0.1, 0.15) is 6.17 Å². The van der Waals surface area contributed by atoms with Crippen LogP contribution in [0.3, 0.4) is 0 Å². The predicted molar refractivity (Wildman–Crippen MR) is 29.4 cm³/mol. The van der Waals surface area contributed by atoms with E-state index in [1.54, 1.807) is 7.05 Å². The first-order valence-electron chi connectivity index (χ1n) is 2.66. The van der Waals surface area contributed by atoms with Crippen LogP contribution in [0.2, 0.25) is 0 Å². The first kappa shape index (κ1) is 7.82. The highest BCUT2D eigenvalue weighted by atomic mass is 19.1. The molecule has 0 aromatic rings. The number of rotatable bonds is 4. The van der Waals surface area contributed by atoms with Gasteiger partial charge in [-0.05, 0) is 7.05 Å². The van der Waals surface area contributed by atoms with Crippen molar-refractivity contribution in [1.82, 2.24) is 5.32 Å². The predicted octanol–water partition coefficient (Wildman–Crippen LogP) is 0.903. The van der Waals surface area contributed by atoms with Crippen molar-refractivity contribution in [3.05, 3.63) is 0 Å². The maximum atomic E-state index is 12.1. The van der Waals surface area contributed by atoms with E-state index in [0.717, 1.165) is 0 Å². The molecule has 1 unspecified atom stereocenters. The van der Waals surface area contributed by atoms with Crippen molar-refractivity contribution in [2.75, 3.05) is 20.3 Å². The topological polar surface area (TPSA) is 12.0 Å². The van der Waals surface area contributed by atoms with E-state index in [4.69, 9.17) is 0 Å². The summed E-state index contributed by atoms with van der Waals surface area (Å²) in [6, 6.07) is 0. The Labute approximate surface area is 48.1 Å². The SMILES string of the molecule is CNCC(F)CCF. The Balaban J connectivity index is 2.92. The first-order chi connectivity index (χ1) is 3.81. The maximum absolute atomic E-state index is 12.1. The summed E-state index contributed by atoms with van der Waals surface area (Å²) in [6.45, 7) is -0.313. The van der Waals surface area contributed by atoms with E-state index < -0.39 is 12.8 Å². The summed E-state index contributed by atoms with van der Waals surface area (Å²) < 4.78 is 23.4. The molecule has 0 aliphatic heterocycles. The lowest BCUT2D eigenvalue weighted by Gasteiger charge is -2.01. The minimum atomic E-state index is -1.02. The molecule has 0 aliphatic rings. The Bertz CT molecular complexity index is 43.7. The molecular formula is C5H11F2N. The number of nitrogens with one attached hydrogen (secondary N) is 1. The highest BCUT2D eigenvalue weighted by Gasteiger charge is 2.01. The van der Waals surface area contributed by atoms with E-state index in [0.29, 0.717) is 0 Å². The molecule has 0 radical (unpaired) electrons. The van der Waals surface area contributed by atoms with Crippen molar-refractivity contribution in [2.45, 2.75) is 12.6 Å². The molecule has 50 valence electrons. The zero-order chi connectivity index (χ0) is 6.41. The van der Waals surface area contributed by atoms with Crippen LogP contribution in [-0.2, 0) is 0 Å². The van der Waals surface area contributed by atoms with E-state index in [9.17, 15) is 8.78 Å². The minimum Gasteiger partial charge on any atom is -0.317 e. The van der Waals surface area contributed by atoms with Gasteiger partial charge in [0, 0.05) is 13.0 Å². The second-order valence-corrected chi connectivity index (χ2v) is 1.63. The van der Waals surface area contributed by atoms with Crippen molar-refractivity contribution in [2.24, 2.45) is 0 Å². The Kier molecular flexibility index (Phi) is 4.85. The molecule has 1 N–H and O–H groups in total. The Hall–Kier alpha value is -0.180. The van der Waals surface area contributed by atoms with E-state index in [1.165, 1.54) is 0 Å². The lowest BCUT2D eigenvalue weighted by Crippen LogP contribution is -2.19. The maximum Gasteiger partial charge on any atom is 0.115 e.